The fourth-order valence-electron chi connectivity index (χ4n) is 2.14. The quantitative estimate of drug-likeness (QED) is 0.747. The molecule has 21 heavy (non-hydrogen) atoms. The van der Waals surface area contributed by atoms with Crippen molar-refractivity contribution in [3.05, 3.63) is 59.4 Å². The summed E-state index contributed by atoms with van der Waals surface area (Å²) in [7, 11) is 0. The van der Waals surface area contributed by atoms with Gasteiger partial charge in [-0.1, -0.05) is 26.0 Å². The summed E-state index contributed by atoms with van der Waals surface area (Å²) in [6.45, 7) is 5.72. The molecule has 0 fully saturated rings. The van der Waals surface area contributed by atoms with Crippen LogP contribution in [0.4, 0.5) is 4.39 Å². The molecule has 0 aromatic heterocycles. The van der Waals surface area contributed by atoms with E-state index in [4.69, 9.17) is 4.74 Å². The Morgan fingerprint density at radius 1 is 1.10 bits per heavy atom. The van der Waals surface area contributed by atoms with E-state index in [1.54, 1.807) is 6.07 Å². The molecule has 0 saturated heterocycles. The van der Waals surface area contributed by atoms with Gasteiger partial charge in [0.05, 0.1) is 0 Å². The van der Waals surface area contributed by atoms with Crippen LogP contribution in [0.15, 0.2) is 42.5 Å². The predicted molar refractivity (Wildman–Crippen MR) is 84.3 cm³/mol. The normalized spacial score (nSPS) is 10.6. The molecular weight excluding hydrogens is 265 g/mol. The molecule has 2 nitrogen and oxygen atoms in total. The molecule has 0 aliphatic carbocycles. The zero-order chi connectivity index (χ0) is 15.1. The Morgan fingerprint density at radius 3 is 2.71 bits per heavy atom. The molecule has 0 saturated carbocycles. The Bertz CT molecular complexity index is 583. The largest absolute Gasteiger partial charge is 0.457 e. The van der Waals surface area contributed by atoms with Gasteiger partial charge in [0.15, 0.2) is 0 Å². The van der Waals surface area contributed by atoms with Crippen molar-refractivity contribution in [2.45, 2.75) is 33.2 Å². The topological polar surface area (TPSA) is 21.3 Å². The summed E-state index contributed by atoms with van der Waals surface area (Å²) < 4.78 is 19.4. The number of hydrogen-bond acceptors (Lipinski definition) is 2. The molecule has 112 valence electrons. The van der Waals surface area contributed by atoms with Crippen LogP contribution in [-0.2, 0) is 13.0 Å². The standard InChI is InChI=1S/C18H22FNO/c1-3-10-20-13-15-12-16(19)8-9-18(15)21-17-7-5-6-14(4-2)11-17/h5-9,11-12,20H,3-4,10,13H2,1-2H3. The first-order valence-electron chi connectivity index (χ1n) is 7.49. The second-order valence-electron chi connectivity index (χ2n) is 5.03. The van der Waals surface area contributed by atoms with Gasteiger partial charge in [0.2, 0.25) is 0 Å². The first-order valence-corrected chi connectivity index (χ1v) is 7.49. The lowest BCUT2D eigenvalue weighted by molar-refractivity contribution is 0.469. The number of nitrogens with one attached hydrogen (secondary N) is 1. The van der Waals surface area contributed by atoms with Crippen molar-refractivity contribution < 1.29 is 9.13 Å². The van der Waals surface area contributed by atoms with E-state index in [1.165, 1.54) is 17.7 Å². The molecule has 0 spiro atoms. The van der Waals surface area contributed by atoms with Gasteiger partial charge >= 0.3 is 0 Å². The third-order valence-electron chi connectivity index (χ3n) is 3.30. The summed E-state index contributed by atoms with van der Waals surface area (Å²) in [5, 5.41) is 3.28. The van der Waals surface area contributed by atoms with Crippen molar-refractivity contribution in [2.75, 3.05) is 6.54 Å². The summed E-state index contributed by atoms with van der Waals surface area (Å²) in [6, 6.07) is 12.6. The number of aryl methyl sites for hydroxylation is 1. The lowest BCUT2D eigenvalue weighted by Gasteiger charge is -2.12. The summed E-state index contributed by atoms with van der Waals surface area (Å²) in [4.78, 5) is 0. The Balaban J connectivity index is 2.17. The molecule has 0 amide bonds. The van der Waals surface area contributed by atoms with E-state index in [2.05, 4.69) is 25.2 Å². The van der Waals surface area contributed by atoms with Gasteiger partial charge in [-0.25, -0.2) is 4.39 Å². The fourth-order valence-corrected chi connectivity index (χ4v) is 2.14. The highest BCUT2D eigenvalue weighted by Gasteiger charge is 2.07. The number of halogens is 1. The van der Waals surface area contributed by atoms with E-state index in [1.807, 2.05) is 18.2 Å². The number of ether oxygens (including phenoxy) is 1. The van der Waals surface area contributed by atoms with Gasteiger partial charge in [-0.05, 0) is 55.3 Å². The molecule has 0 bridgehead atoms. The molecule has 3 heteroatoms. The molecule has 0 radical (unpaired) electrons. The Morgan fingerprint density at radius 2 is 1.95 bits per heavy atom. The highest BCUT2D eigenvalue weighted by molar-refractivity contribution is 5.39. The van der Waals surface area contributed by atoms with Gasteiger partial charge in [0.25, 0.3) is 0 Å². The Labute approximate surface area is 126 Å². The second kappa shape index (κ2) is 7.79. The molecule has 1 N–H and O–H groups in total. The maximum absolute atomic E-state index is 13.4. The Hall–Kier alpha value is -1.87. The smallest absolute Gasteiger partial charge is 0.132 e. The zero-order valence-corrected chi connectivity index (χ0v) is 12.7. The van der Waals surface area contributed by atoms with Crippen LogP contribution >= 0.6 is 0 Å². The van der Waals surface area contributed by atoms with Gasteiger partial charge in [0, 0.05) is 12.1 Å². The molecule has 2 rings (SSSR count). The van der Waals surface area contributed by atoms with Crippen LogP contribution in [-0.4, -0.2) is 6.54 Å². The Kier molecular flexibility index (Phi) is 5.76. The number of benzene rings is 2. The van der Waals surface area contributed by atoms with E-state index in [0.717, 1.165) is 30.7 Å². The highest BCUT2D eigenvalue weighted by atomic mass is 19.1. The van der Waals surface area contributed by atoms with Crippen molar-refractivity contribution in [2.24, 2.45) is 0 Å². The minimum Gasteiger partial charge on any atom is -0.457 e. The first-order chi connectivity index (χ1) is 10.2. The van der Waals surface area contributed by atoms with Gasteiger partial charge < -0.3 is 10.1 Å². The molecular formula is C18H22FNO. The fraction of sp³-hybridized carbons (Fsp3) is 0.333. The van der Waals surface area contributed by atoms with E-state index in [0.29, 0.717) is 12.3 Å². The first kappa shape index (κ1) is 15.5. The SMILES string of the molecule is CCCNCc1cc(F)ccc1Oc1cccc(CC)c1. The van der Waals surface area contributed by atoms with Gasteiger partial charge in [-0.2, -0.15) is 0 Å². The van der Waals surface area contributed by atoms with Crippen LogP contribution in [0.25, 0.3) is 0 Å². The third kappa shape index (κ3) is 4.57. The predicted octanol–water partition coefficient (Wildman–Crippen LogP) is 4.68. The summed E-state index contributed by atoms with van der Waals surface area (Å²) in [5.74, 6) is 1.25. The number of hydrogen-bond donors (Lipinski definition) is 1. The van der Waals surface area contributed by atoms with Crippen molar-refractivity contribution in [1.29, 1.82) is 0 Å². The average molecular weight is 287 g/mol. The lowest BCUT2D eigenvalue weighted by Crippen LogP contribution is -2.14. The molecule has 2 aromatic carbocycles. The zero-order valence-electron chi connectivity index (χ0n) is 12.7. The maximum atomic E-state index is 13.4. The molecule has 0 heterocycles. The van der Waals surface area contributed by atoms with Crippen LogP contribution in [0.2, 0.25) is 0 Å². The van der Waals surface area contributed by atoms with Crippen LogP contribution in [0, 0.1) is 5.82 Å². The van der Waals surface area contributed by atoms with Gasteiger partial charge in [-0.15, -0.1) is 0 Å². The van der Waals surface area contributed by atoms with Crippen molar-refractivity contribution >= 4 is 0 Å². The highest BCUT2D eigenvalue weighted by Crippen LogP contribution is 2.27. The second-order valence-corrected chi connectivity index (χ2v) is 5.03. The lowest BCUT2D eigenvalue weighted by atomic mass is 10.1. The molecule has 0 unspecified atom stereocenters. The van der Waals surface area contributed by atoms with Gasteiger partial charge in [0.1, 0.15) is 17.3 Å². The minimum atomic E-state index is -0.238. The monoisotopic (exact) mass is 287 g/mol. The van der Waals surface area contributed by atoms with E-state index in [-0.39, 0.29) is 5.82 Å². The number of rotatable bonds is 7. The van der Waals surface area contributed by atoms with Gasteiger partial charge in [-0.3, -0.25) is 0 Å². The van der Waals surface area contributed by atoms with Crippen molar-refractivity contribution in [1.82, 2.24) is 5.32 Å². The third-order valence-corrected chi connectivity index (χ3v) is 3.30. The molecule has 2 aromatic rings. The molecule has 0 aliphatic rings. The van der Waals surface area contributed by atoms with Crippen molar-refractivity contribution in [3.8, 4) is 11.5 Å². The molecule has 0 atom stereocenters. The maximum Gasteiger partial charge on any atom is 0.132 e. The summed E-state index contributed by atoms with van der Waals surface area (Å²) in [6.07, 6.45) is 2.01. The van der Waals surface area contributed by atoms with Crippen LogP contribution in [0.1, 0.15) is 31.4 Å². The van der Waals surface area contributed by atoms with Crippen LogP contribution < -0.4 is 10.1 Å². The summed E-state index contributed by atoms with van der Waals surface area (Å²) >= 11 is 0. The van der Waals surface area contributed by atoms with Crippen LogP contribution in [0.5, 0.6) is 11.5 Å². The van der Waals surface area contributed by atoms with Crippen molar-refractivity contribution in [3.63, 3.8) is 0 Å². The molecule has 0 aliphatic heterocycles. The average Bonchev–Trinajstić information content (AvgIpc) is 2.50. The van der Waals surface area contributed by atoms with Crippen LogP contribution in [0.3, 0.4) is 0 Å². The van der Waals surface area contributed by atoms with E-state index < -0.39 is 0 Å². The van der Waals surface area contributed by atoms with E-state index >= 15 is 0 Å². The summed E-state index contributed by atoms with van der Waals surface area (Å²) in [5.41, 5.74) is 2.06. The minimum absolute atomic E-state index is 0.238. The van der Waals surface area contributed by atoms with E-state index in [9.17, 15) is 4.39 Å².